The van der Waals surface area contributed by atoms with Crippen molar-refractivity contribution in [3.8, 4) is 0 Å². The molecule has 0 saturated heterocycles. The topological polar surface area (TPSA) is 78.9 Å². The molecular weight excluding hydrogens is 673 g/mol. The summed E-state index contributed by atoms with van der Waals surface area (Å²) in [6.45, 7) is 11.3. The van der Waals surface area contributed by atoms with Crippen LogP contribution in [0.1, 0.15) is 259 Å². The molecule has 0 aliphatic heterocycles. The number of rotatable bonds is 42. The van der Waals surface area contributed by atoms with Gasteiger partial charge < -0.3 is 14.2 Å². The molecule has 6 heteroatoms. The first-order valence-corrected chi connectivity index (χ1v) is 23.7. The molecule has 320 valence electrons. The molecule has 0 N–H and O–H groups in total. The van der Waals surface area contributed by atoms with Gasteiger partial charge in [-0.05, 0) is 31.1 Å². The summed E-state index contributed by atoms with van der Waals surface area (Å²) in [5, 5.41) is 0. The highest BCUT2D eigenvalue weighted by molar-refractivity contribution is 5.71. The summed E-state index contributed by atoms with van der Waals surface area (Å²) in [5.74, 6) is 0.718. The lowest BCUT2D eigenvalue weighted by atomic mass is 10.0. The Balaban J connectivity index is 4.29. The zero-order chi connectivity index (χ0) is 39.7. The summed E-state index contributed by atoms with van der Waals surface area (Å²) in [4.78, 5) is 37.7. The van der Waals surface area contributed by atoms with E-state index in [0.29, 0.717) is 19.3 Å². The molecule has 0 aromatic rings. The highest BCUT2D eigenvalue weighted by atomic mass is 16.6. The van der Waals surface area contributed by atoms with Crippen molar-refractivity contribution in [2.45, 2.75) is 265 Å². The Hall–Kier alpha value is -1.59. The van der Waals surface area contributed by atoms with Crippen LogP contribution in [0.4, 0.5) is 0 Å². The monoisotopic (exact) mass is 765 g/mol. The minimum absolute atomic E-state index is 0.0654. The maximum absolute atomic E-state index is 12.7. The van der Waals surface area contributed by atoms with Crippen LogP contribution in [0.2, 0.25) is 0 Å². The number of unbranched alkanes of at least 4 members (excludes halogenated alkanes) is 27. The van der Waals surface area contributed by atoms with Crippen LogP contribution in [0.25, 0.3) is 0 Å². The Labute approximate surface area is 336 Å². The van der Waals surface area contributed by atoms with E-state index in [1.807, 2.05) is 0 Å². The molecule has 0 heterocycles. The second-order valence-corrected chi connectivity index (χ2v) is 17.3. The fraction of sp³-hybridized carbons (Fsp3) is 0.938. The molecule has 0 aromatic heterocycles. The predicted molar refractivity (Wildman–Crippen MR) is 229 cm³/mol. The van der Waals surface area contributed by atoms with Gasteiger partial charge in [0.05, 0.1) is 0 Å². The van der Waals surface area contributed by atoms with Crippen molar-refractivity contribution in [2.24, 2.45) is 11.8 Å². The quantitative estimate of drug-likeness (QED) is 0.0350. The summed E-state index contributed by atoms with van der Waals surface area (Å²) >= 11 is 0. The van der Waals surface area contributed by atoms with Crippen LogP contribution in [0.5, 0.6) is 0 Å². The van der Waals surface area contributed by atoms with Gasteiger partial charge in [-0.15, -0.1) is 0 Å². The molecule has 54 heavy (non-hydrogen) atoms. The smallest absolute Gasteiger partial charge is 0.306 e. The van der Waals surface area contributed by atoms with E-state index < -0.39 is 6.10 Å². The molecule has 0 amide bonds. The first-order valence-electron chi connectivity index (χ1n) is 23.7. The summed E-state index contributed by atoms with van der Waals surface area (Å²) in [6, 6.07) is 0. The molecule has 0 aliphatic rings. The van der Waals surface area contributed by atoms with Crippen LogP contribution >= 0.6 is 0 Å². The molecule has 0 rings (SSSR count). The third-order valence-electron chi connectivity index (χ3n) is 10.7. The van der Waals surface area contributed by atoms with E-state index in [0.717, 1.165) is 69.6 Å². The fourth-order valence-corrected chi connectivity index (χ4v) is 7.11. The van der Waals surface area contributed by atoms with Crippen LogP contribution in [0.15, 0.2) is 0 Å². The normalized spacial score (nSPS) is 12.1. The number of hydrogen-bond donors (Lipinski definition) is 0. The van der Waals surface area contributed by atoms with E-state index in [2.05, 4.69) is 34.6 Å². The average Bonchev–Trinajstić information content (AvgIpc) is 3.14. The van der Waals surface area contributed by atoms with E-state index in [4.69, 9.17) is 14.2 Å². The Kier molecular flexibility index (Phi) is 39.8. The molecule has 0 bridgehead atoms. The van der Waals surface area contributed by atoms with Gasteiger partial charge in [0, 0.05) is 19.3 Å². The Morgan fingerprint density at radius 2 is 0.611 bits per heavy atom. The summed E-state index contributed by atoms with van der Waals surface area (Å²) in [6.07, 6.45) is 39.6. The summed E-state index contributed by atoms with van der Waals surface area (Å²) < 4.78 is 16.7. The lowest BCUT2D eigenvalue weighted by Crippen LogP contribution is -2.30. The fourth-order valence-electron chi connectivity index (χ4n) is 7.11. The third-order valence-corrected chi connectivity index (χ3v) is 10.7. The van der Waals surface area contributed by atoms with Crippen molar-refractivity contribution in [3.63, 3.8) is 0 Å². The predicted octanol–water partition coefficient (Wildman–Crippen LogP) is 15.0. The summed E-state index contributed by atoms with van der Waals surface area (Å²) in [5.41, 5.74) is 0. The van der Waals surface area contributed by atoms with E-state index >= 15 is 0 Å². The molecule has 6 nitrogen and oxygen atoms in total. The minimum atomic E-state index is -0.761. The molecule has 0 saturated carbocycles. The summed E-state index contributed by atoms with van der Waals surface area (Å²) in [7, 11) is 0. The second-order valence-electron chi connectivity index (χ2n) is 17.3. The van der Waals surface area contributed by atoms with Crippen molar-refractivity contribution >= 4 is 17.9 Å². The van der Waals surface area contributed by atoms with Gasteiger partial charge in [0.15, 0.2) is 6.10 Å². The van der Waals surface area contributed by atoms with Gasteiger partial charge in [0.2, 0.25) is 0 Å². The number of carbonyl (C=O) groups is 3. The van der Waals surface area contributed by atoms with Gasteiger partial charge in [0.1, 0.15) is 13.2 Å². The van der Waals surface area contributed by atoms with E-state index in [-0.39, 0.29) is 31.1 Å². The molecule has 0 aromatic carbocycles. The van der Waals surface area contributed by atoms with Gasteiger partial charge in [0.25, 0.3) is 0 Å². The molecule has 0 radical (unpaired) electrons. The van der Waals surface area contributed by atoms with Crippen LogP contribution in [-0.4, -0.2) is 37.2 Å². The van der Waals surface area contributed by atoms with Gasteiger partial charge in [-0.1, -0.05) is 221 Å². The molecule has 0 unspecified atom stereocenters. The number of esters is 3. The zero-order valence-corrected chi connectivity index (χ0v) is 36.8. The lowest BCUT2D eigenvalue weighted by molar-refractivity contribution is -0.167. The van der Waals surface area contributed by atoms with Gasteiger partial charge in [-0.25, -0.2) is 0 Å². The van der Waals surface area contributed by atoms with E-state index in [1.165, 1.54) is 148 Å². The first kappa shape index (κ1) is 52.4. The first-order chi connectivity index (χ1) is 26.2. The maximum Gasteiger partial charge on any atom is 0.306 e. The molecular formula is C48H92O6. The van der Waals surface area contributed by atoms with Crippen molar-refractivity contribution in [1.29, 1.82) is 0 Å². The number of carbonyl (C=O) groups excluding carboxylic acids is 3. The SMILES string of the molecule is CCCCCCCCCCCCCCCCC(=O)OC[C@H](COC(=O)CCCCCCCCCCCCC(C)C)OC(=O)CCCCCCCCC(C)C. The average molecular weight is 765 g/mol. The van der Waals surface area contributed by atoms with Crippen molar-refractivity contribution in [3.05, 3.63) is 0 Å². The Morgan fingerprint density at radius 1 is 0.352 bits per heavy atom. The standard InChI is InChI=1S/C48H92O6/c1-6-7-8-9-10-11-12-13-14-15-19-22-28-33-38-46(49)52-41-45(54-48(51)40-35-30-25-24-27-32-37-44(4)5)42-53-47(50)39-34-29-23-20-17-16-18-21-26-31-36-43(2)3/h43-45H,6-42H2,1-5H3/t45-/m1/s1. The molecule has 0 spiro atoms. The maximum atomic E-state index is 12.7. The third kappa shape index (κ3) is 41.6. The number of hydrogen-bond acceptors (Lipinski definition) is 6. The van der Waals surface area contributed by atoms with Crippen LogP contribution < -0.4 is 0 Å². The van der Waals surface area contributed by atoms with Crippen molar-refractivity contribution < 1.29 is 28.6 Å². The largest absolute Gasteiger partial charge is 0.462 e. The highest BCUT2D eigenvalue weighted by Gasteiger charge is 2.19. The molecule has 0 aliphatic carbocycles. The van der Waals surface area contributed by atoms with E-state index in [1.54, 1.807) is 0 Å². The number of ether oxygens (including phenoxy) is 3. The zero-order valence-electron chi connectivity index (χ0n) is 36.8. The van der Waals surface area contributed by atoms with Crippen LogP contribution in [0.3, 0.4) is 0 Å². The van der Waals surface area contributed by atoms with Gasteiger partial charge >= 0.3 is 17.9 Å². The van der Waals surface area contributed by atoms with Crippen molar-refractivity contribution in [2.75, 3.05) is 13.2 Å². The highest BCUT2D eigenvalue weighted by Crippen LogP contribution is 2.17. The van der Waals surface area contributed by atoms with E-state index in [9.17, 15) is 14.4 Å². The Bertz CT molecular complexity index is 824. The van der Waals surface area contributed by atoms with Crippen molar-refractivity contribution in [1.82, 2.24) is 0 Å². The van der Waals surface area contributed by atoms with Crippen LogP contribution in [-0.2, 0) is 28.6 Å². The molecule has 0 fully saturated rings. The lowest BCUT2D eigenvalue weighted by Gasteiger charge is -2.18. The van der Waals surface area contributed by atoms with Gasteiger partial charge in [-0.2, -0.15) is 0 Å². The minimum Gasteiger partial charge on any atom is -0.462 e. The van der Waals surface area contributed by atoms with Gasteiger partial charge in [-0.3, -0.25) is 14.4 Å². The van der Waals surface area contributed by atoms with Crippen LogP contribution in [0, 0.1) is 11.8 Å². The Morgan fingerprint density at radius 3 is 0.907 bits per heavy atom. The second kappa shape index (κ2) is 41.1. The molecule has 1 atom stereocenters.